The molecule has 138 valence electrons. The van der Waals surface area contributed by atoms with Gasteiger partial charge in [-0.2, -0.15) is 5.10 Å². The normalized spacial score (nSPS) is 12.5. The third kappa shape index (κ3) is 2.65. The highest BCUT2D eigenvalue weighted by Gasteiger charge is 2.26. The molecule has 28 heavy (non-hydrogen) atoms. The van der Waals surface area contributed by atoms with Crippen LogP contribution < -0.4 is 0 Å². The van der Waals surface area contributed by atoms with Crippen LogP contribution in [0, 0.1) is 6.92 Å². The van der Waals surface area contributed by atoms with Gasteiger partial charge in [0.15, 0.2) is 0 Å². The van der Waals surface area contributed by atoms with Crippen LogP contribution in [0.2, 0.25) is 0 Å². The molecule has 1 heterocycles. The van der Waals surface area contributed by atoms with Gasteiger partial charge in [0.2, 0.25) is 0 Å². The molecule has 0 atom stereocenters. The Morgan fingerprint density at radius 3 is 2.29 bits per heavy atom. The second-order valence-corrected chi connectivity index (χ2v) is 7.31. The van der Waals surface area contributed by atoms with Gasteiger partial charge in [0.25, 0.3) is 0 Å². The van der Waals surface area contributed by atoms with Crippen molar-refractivity contribution in [1.82, 2.24) is 9.78 Å². The highest BCUT2D eigenvalue weighted by Crippen LogP contribution is 2.40. The first-order valence-electron chi connectivity index (χ1n) is 9.41. The lowest BCUT2D eigenvalue weighted by Crippen LogP contribution is -2.03. The molecule has 0 radical (unpaired) electrons. The Balaban J connectivity index is 1.78. The Hall–Kier alpha value is -3.53. The molecule has 0 unspecified atom stereocenters. The van der Waals surface area contributed by atoms with Crippen molar-refractivity contribution in [3.8, 4) is 39.7 Å². The van der Waals surface area contributed by atoms with Crippen LogP contribution in [0.3, 0.4) is 0 Å². The first kappa shape index (κ1) is 16.6. The van der Waals surface area contributed by atoms with Crippen molar-refractivity contribution in [3.05, 3.63) is 83.4 Å². The van der Waals surface area contributed by atoms with Gasteiger partial charge in [-0.15, -0.1) is 0 Å². The molecular formula is C24H20N2O2. The maximum absolute atomic E-state index is 9.85. The monoisotopic (exact) mass is 368 g/mol. The van der Waals surface area contributed by atoms with Crippen LogP contribution in [0.15, 0.2) is 66.7 Å². The molecular weight excluding hydrogens is 348 g/mol. The second-order valence-electron chi connectivity index (χ2n) is 7.31. The Morgan fingerprint density at radius 1 is 0.821 bits per heavy atom. The van der Waals surface area contributed by atoms with E-state index in [9.17, 15) is 10.2 Å². The van der Waals surface area contributed by atoms with Gasteiger partial charge in [0.1, 0.15) is 11.5 Å². The minimum Gasteiger partial charge on any atom is -0.508 e. The van der Waals surface area contributed by atoms with Gasteiger partial charge in [0, 0.05) is 16.7 Å². The number of aryl methyl sites for hydroxylation is 2. The number of fused-ring (bicyclic) bond motifs is 3. The number of hydrogen-bond acceptors (Lipinski definition) is 3. The average Bonchev–Trinajstić information content (AvgIpc) is 3.08. The summed E-state index contributed by atoms with van der Waals surface area (Å²) in [7, 11) is 0. The van der Waals surface area contributed by atoms with Crippen LogP contribution in [-0.4, -0.2) is 20.0 Å². The summed E-state index contributed by atoms with van der Waals surface area (Å²) in [5.41, 5.74) is 8.64. The van der Waals surface area contributed by atoms with Gasteiger partial charge in [-0.3, -0.25) is 0 Å². The van der Waals surface area contributed by atoms with Gasteiger partial charge < -0.3 is 10.2 Å². The molecule has 4 heteroatoms. The van der Waals surface area contributed by atoms with Gasteiger partial charge in [-0.25, -0.2) is 4.68 Å². The molecule has 0 saturated heterocycles. The Bertz CT molecular complexity index is 1170. The summed E-state index contributed by atoms with van der Waals surface area (Å²) in [4.78, 5) is 0. The number of phenolic OH excluding ortho intramolecular Hbond substituents is 2. The SMILES string of the molecule is Cc1ccc(-n2nc3c(c2-c2ccc(O)cc2)CCc2cc(O)ccc2-3)cc1. The van der Waals surface area contributed by atoms with Gasteiger partial charge >= 0.3 is 0 Å². The smallest absolute Gasteiger partial charge is 0.115 e. The highest BCUT2D eigenvalue weighted by atomic mass is 16.3. The first-order chi connectivity index (χ1) is 13.6. The summed E-state index contributed by atoms with van der Waals surface area (Å²) in [6.45, 7) is 2.07. The van der Waals surface area contributed by atoms with Crippen LogP contribution in [0.5, 0.6) is 11.5 Å². The summed E-state index contributed by atoms with van der Waals surface area (Å²) < 4.78 is 2.00. The van der Waals surface area contributed by atoms with Crippen molar-refractivity contribution in [2.45, 2.75) is 19.8 Å². The number of rotatable bonds is 2. The molecule has 1 aliphatic carbocycles. The third-order valence-electron chi connectivity index (χ3n) is 5.39. The predicted octanol–water partition coefficient (Wildman–Crippen LogP) is 5.02. The fourth-order valence-electron chi connectivity index (χ4n) is 3.97. The molecule has 2 N–H and O–H groups in total. The van der Waals surface area contributed by atoms with Crippen molar-refractivity contribution in [3.63, 3.8) is 0 Å². The lowest BCUT2D eigenvalue weighted by Gasteiger charge is -2.16. The minimum absolute atomic E-state index is 0.250. The molecule has 5 rings (SSSR count). The van der Waals surface area contributed by atoms with E-state index in [1.807, 2.05) is 28.9 Å². The van der Waals surface area contributed by atoms with E-state index in [1.165, 1.54) is 11.1 Å². The lowest BCUT2D eigenvalue weighted by atomic mass is 9.87. The van der Waals surface area contributed by atoms with Crippen molar-refractivity contribution >= 4 is 0 Å². The number of aromatic nitrogens is 2. The third-order valence-corrected chi connectivity index (χ3v) is 5.39. The molecule has 0 amide bonds. The van der Waals surface area contributed by atoms with E-state index < -0.39 is 0 Å². The van der Waals surface area contributed by atoms with Crippen LogP contribution in [-0.2, 0) is 12.8 Å². The van der Waals surface area contributed by atoms with E-state index in [-0.39, 0.29) is 5.75 Å². The molecule has 4 aromatic rings. The summed E-state index contributed by atoms with van der Waals surface area (Å²) in [6, 6.07) is 21.1. The van der Waals surface area contributed by atoms with E-state index in [1.54, 1.807) is 18.2 Å². The minimum atomic E-state index is 0.250. The second kappa shape index (κ2) is 6.27. The first-order valence-corrected chi connectivity index (χ1v) is 9.41. The maximum atomic E-state index is 9.85. The molecule has 4 nitrogen and oxygen atoms in total. The van der Waals surface area contributed by atoms with Gasteiger partial charge in [0.05, 0.1) is 17.1 Å². The Morgan fingerprint density at radius 2 is 1.54 bits per heavy atom. The summed E-state index contributed by atoms with van der Waals surface area (Å²) in [5.74, 6) is 0.541. The van der Waals surface area contributed by atoms with Crippen LogP contribution in [0.4, 0.5) is 0 Å². The fraction of sp³-hybridized carbons (Fsp3) is 0.125. The number of nitrogens with zero attached hydrogens (tertiary/aromatic N) is 2. The van der Waals surface area contributed by atoms with Crippen LogP contribution in [0.1, 0.15) is 16.7 Å². The molecule has 1 aliphatic rings. The summed E-state index contributed by atoms with van der Waals surface area (Å²) in [6.07, 6.45) is 1.72. The van der Waals surface area contributed by atoms with E-state index >= 15 is 0 Å². The van der Waals surface area contributed by atoms with Crippen molar-refractivity contribution < 1.29 is 10.2 Å². The largest absolute Gasteiger partial charge is 0.508 e. The molecule has 1 aromatic heterocycles. The molecule has 3 aromatic carbocycles. The number of phenols is 2. The lowest BCUT2D eigenvalue weighted by molar-refractivity contribution is 0.474. The highest BCUT2D eigenvalue weighted by molar-refractivity contribution is 5.79. The number of aromatic hydroxyl groups is 2. The van der Waals surface area contributed by atoms with Crippen molar-refractivity contribution in [2.75, 3.05) is 0 Å². The Labute approximate surface area is 163 Å². The van der Waals surface area contributed by atoms with E-state index in [4.69, 9.17) is 5.10 Å². The zero-order valence-corrected chi connectivity index (χ0v) is 15.6. The predicted molar refractivity (Wildman–Crippen MR) is 110 cm³/mol. The molecule has 0 bridgehead atoms. The molecule has 0 saturated carbocycles. The summed E-state index contributed by atoms with van der Waals surface area (Å²) in [5, 5.41) is 24.6. The van der Waals surface area contributed by atoms with Crippen molar-refractivity contribution in [1.29, 1.82) is 0 Å². The van der Waals surface area contributed by atoms with Crippen molar-refractivity contribution in [2.24, 2.45) is 0 Å². The number of benzene rings is 3. The van der Waals surface area contributed by atoms with Crippen LogP contribution in [0.25, 0.3) is 28.2 Å². The zero-order chi connectivity index (χ0) is 19.3. The van der Waals surface area contributed by atoms with E-state index in [0.29, 0.717) is 5.75 Å². The average molecular weight is 368 g/mol. The molecule has 0 aliphatic heterocycles. The fourth-order valence-corrected chi connectivity index (χ4v) is 3.97. The topological polar surface area (TPSA) is 58.3 Å². The van der Waals surface area contributed by atoms with E-state index in [2.05, 4.69) is 31.2 Å². The zero-order valence-electron chi connectivity index (χ0n) is 15.6. The number of hydrogen-bond donors (Lipinski definition) is 2. The summed E-state index contributed by atoms with van der Waals surface area (Å²) >= 11 is 0. The van der Waals surface area contributed by atoms with Gasteiger partial charge in [-0.05, 0) is 79.9 Å². The van der Waals surface area contributed by atoms with Gasteiger partial charge in [-0.1, -0.05) is 17.7 Å². The quantitative estimate of drug-likeness (QED) is 0.522. The molecule has 0 spiro atoms. The molecule has 0 fully saturated rings. The van der Waals surface area contributed by atoms with Crippen LogP contribution >= 0.6 is 0 Å². The Kier molecular flexibility index (Phi) is 3.72. The van der Waals surface area contributed by atoms with E-state index in [0.717, 1.165) is 46.6 Å². The standard InChI is InChI=1S/C24H20N2O2/c1-15-2-7-18(8-3-15)26-24(16-4-9-19(27)10-5-16)22-12-6-17-14-20(28)11-13-21(17)23(22)25-26/h2-5,7-11,13-14,27-28H,6,12H2,1H3. The maximum Gasteiger partial charge on any atom is 0.115 e.